The first-order chi connectivity index (χ1) is 14.9. The van der Waals surface area contributed by atoms with Crippen LogP contribution in [0.1, 0.15) is 29.6 Å². The van der Waals surface area contributed by atoms with E-state index in [2.05, 4.69) is 35.5 Å². The third-order valence-corrected chi connectivity index (χ3v) is 6.91. The van der Waals surface area contributed by atoms with Gasteiger partial charge in [-0.3, -0.25) is 9.59 Å². The van der Waals surface area contributed by atoms with Gasteiger partial charge in [0.05, 0.1) is 23.6 Å². The zero-order valence-corrected chi connectivity index (χ0v) is 17.9. The maximum absolute atomic E-state index is 13.0. The van der Waals surface area contributed by atoms with Gasteiger partial charge in [-0.25, -0.2) is 0 Å². The molecule has 0 atom stereocenters. The van der Waals surface area contributed by atoms with Gasteiger partial charge in [-0.05, 0) is 54.7 Å². The summed E-state index contributed by atoms with van der Waals surface area (Å²) in [5.74, 6) is 0.0623. The van der Waals surface area contributed by atoms with Gasteiger partial charge >= 0.3 is 0 Å². The van der Waals surface area contributed by atoms with E-state index in [1.54, 1.807) is 0 Å². The lowest BCUT2D eigenvalue weighted by Crippen LogP contribution is -2.62. The van der Waals surface area contributed by atoms with Crippen molar-refractivity contribution in [2.75, 3.05) is 50.1 Å². The van der Waals surface area contributed by atoms with E-state index < -0.39 is 5.54 Å². The molecule has 5 rings (SSSR count). The average Bonchev–Trinajstić information content (AvgIpc) is 3.17. The molecule has 0 radical (unpaired) electrons. The first-order valence-electron chi connectivity index (χ1n) is 11.0. The van der Waals surface area contributed by atoms with Crippen molar-refractivity contribution in [1.29, 1.82) is 0 Å². The van der Waals surface area contributed by atoms with E-state index >= 15 is 0 Å². The summed E-state index contributed by atoms with van der Waals surface area (Å²) in [6.07, 6.45) is 2.57. The van der Waals surface area contributed by atoms with Crippen molar-refractivity contribution >= 4 is 23.2 Å². The fraction of sp³-hybridized carbons (Fsp3) is 0.417. The summed E-state index contributed by atoms with van der Waals surface area (Å²) in [6.45, 7) is 3.02. The van der Waals surface area contributed by atoms with Crippen LogP contribution in [0.15, 0.2) is 42.5 Å². The van der Waals surface area contributed by atoms with E-state index in [1.807, 2.05) is 34.1 Å². The molecule has 7 heteroatoms. The Kier molecular flexibility index (Phi) is 4.85. The molecule has 1 aliphatic carbocycles. The molecule has 0 aromatic heterocycles. The number of piperazine rings is 1. The molecule has 1 saturated heterocycles. The van der Waals surface area contributed by atoms with Gasteiger partial charge in [0.2, 0.25) is 5.91 Å². The Hall–Kier alpha value is -3.06. The predicted molar refractivity (Wildman–Crippen MR) is 122 cm³/mol. The number of nitrogens with two attached hydrogens (primary N) is 1. The van der Waals surface area contributed by atoms with Crippen LogP contribution in [0.4, 0.5) is 11.4 Å². The van der Waals surface area contributed by atoms with E-state index in [1.165, 1.54) is 5.69 Å². The molecule has 0 bridgehead atoms. The number of fused-ring (bicyclic) bond motifs is 1. The Bertz CT molecular complexity index is 1010. The molecule has 2 heterocycles. The average molecular weight is 420 g/mol. The summed E-state index contributed by atoms with van der Waals surface area (Å²) in [6, 6.07) is 14.2. The summed E-state index contributed by atoms with van der Waals surface area (Å²) >= 11 is 0. The lowest BCUT2D eigenvalue weighted by molar-refractivity contribution is -0.141. The van der Waals surface area contributed by atoms with E-state index in [4.69, 9.17) is 5.73 Å². The second-order valence-electron chi connectivity index (χ2n) is 8.94. The van der Waals surface area contributed by atoms with Gasteiger partial charge in [-0.1, -0.05) is 18.2 Å². The van der Waals surface area contributed by atoms with E-state index in [0.717, 1.165) is 42.7 Å². The molecule has 2 aromatic carbocycles. The number of carbonyl (C=O) groups is 2. The zero-order valence-electron chi connectivity index (χ0n) is 17.9. The second-order valence-corrected chi connectivity index (χ2v) is 8.94. The minimum Gasteiger partial charge on any atom is -0.366 e. The van der Waals surface area contributed by atoms with Gasteiger partial charge in [-0.2, -0.15) is 0 Å². The maximum atomic E-state index is 13.0. The Morgan fingerprint density at radius 1 is 0.935 bits per heavy atom. The molecule has 2 aliphatic heterocycles. The molecule has 1 saturated carbocycles. The number of benzene rings is 2. The van der Waals surface area contributed by atoms with Gasteiger partial charge in [0.25, 0.3) is 5.91 Å². The lowest BCUT2D eigenvalue weighted by Gasteiger charge is -2.43. The third-order valence-electron chi connectivity index (χ3n) is 6.91. The molecular formula is C24H29N5O2. The minimum atomic E-state index is -0.662. The number of hydrogen-bond acceptors (Lipinski definition) is 5. The number of nitrogens with zero attached hydrogens (tertiary/aromatic N) is 3. The second kappa shape index (κ2) is 7.57. The minimum absolute atomic E-state index is 0.0157. The molecular weight excluding hydrogens is 390 g/mol. The molecule has 2 fully saturated rings. The fourth-order valence-electron chi connectivity index (χ4n) is 4.67. The van der Waals surface area contributed by atoms with Crippen LogP contribution in [0.3, 0.4) is 0 Å². The molecule has 0 spiro atoms. The number of amides is 2. The molecule has 31 heavy (non-hydrogen) atoms. The quantitative estimate of drug-likeness (QED) is 0.798. The van der Waals surface area contributed by atoms with Gasteiger partial charge < -0.3 is 25.8 Å². The van der Waals surface area contributed by atoms with Crippen molar-refractivity contribution in [3.8, 4) is 11.1 Å². The van der Waals surface area contributed by atoms with E-state index in [0.29, 0.717) is 31.7 Å². The summed E-state index contributed by atoms with van der Waals surface area (Å²) in [7, 11) is 2.07. The van der Waals surface area contributed by atoms with Crippen LogP contribution in [0, 0.1) is 0 Å². The highest BCUT2D eigenvalue weighted by atomic mass is 16.2. The number of nitrogens with one attached hydrogen (secondary N) is 1. The number of carbonyl (C=O) groups excluding carboxylic acids is 2. The van der Waals surface area contributed by atoms with Gasteiger partial charge in [0.1, 0.15) is 0 Å². The van der Waals surface area contributed by atoms with E-state index in [-0.39, 0.29) is 11.8 Å². The lowest BCUT2D eigenvalue weighted by atomic mass is 9.76. The highest BCUT2D eigenvalue weighted by Crippen LogP contribution is 2.34. The van der Waals surface area contributed by atoms with Crippen LogP contribution in [0.2, 0.25) is 0 Å². The Labute approximate surface area is 182 Å². The van der Waals surface area contributed by atoms with Crippen LogP contribution in [0.5, 0.6) is 0 Å². The molecule has 2 amide bonds. The molecule has 3 aliphatic rings. The summed E-state index contributed by atoms with van der Waals surface area (Å²) in [5.41, 5.74) is 10.7. The van der Waals surface area contributed by atoms with Gasteiger partial charge in [-0.15, -0.1) is 0 Å². The van der Waals surface area contributed by atoms with Crippen LogP contribution in [-0.4, -0.2) is 67.0 Å². The van der Waals surface area contributed by atoms with Crippen molar-refractivity contribution in [3.63, 3.8) is 0 Å². The molecule has 162 valence electrons. The number of anilines is 2. The smallest absolute Gasteiger partial charge is 0.253 e. The SMILES string of the molecule is CN1CNc2cc(-c3ccc(C(=O)N4CCN(C(=O)C5(N)CCC5)CC4)cc3)ccc21. The Morgan fingerprint density at radius 2 is 1.58 bits per heavy atom. The summed E-state index contributed by atoms with van der Waals surface area (Å²) in [4.78, 5) is 31.4. The Balaban J connectivity index is 1.22. The highest BCUT2D eigenvalue weighted by Gasteiger charge is 2.43. The molecule has 0 unspecified atom stereocenters. The van der Waals surface area contributed by atoms with Crippen molar-refractivity contribution < 1.29 is 9.59 Å². The van der Waals surface area contributed by atoms with Crippen LogP contribution >= 0.6 is 0 Å². The highest BCUT2D eigenvalue weighted by molar-refractivity contribution is 5.95. The van der Waals surface area contributed by atoms with Crippen LogP contribution in [0.25, 0.3) is 11.1 Å². The third kappa shape index (κ3) is 3.53. The van der Waals surface area contributed by atoms with Crippen molar-refractivity contribution in [1.82, 2.24) is 9.80 Å². The van der Waals surface area contributed by atoms with Crippen molar-refractivity contribution in [2.45, 2.75) is 24.8 Å². The first kappa shape index (κ1) is 19.9. The zero-order chi connectivity index (χ0) is 21.6. The van der Waals surface area contributed by atoms with Gasteiger partial charge in [0, 0.05) is 38.8 Å². The van der Waals surface area contributed by atoms with Crippen LogP contribution in [-0.2, 0) is 4.79 Å². The molecule has 3 N–H and O–H groups in total. The standard InChI is InChI=1S/C24H29N5O2/c1-27-16-26-20-15-19(7-8-21(20)27)17-3-5-18(6-4-17)22(30)28-11-13-29(14-12-28)23(31)24(25)9-2-10-24/h3-8,15,26H,2,9-14,16,25H2,1H3. The predicted octanol–water partition coefficient (Wildman–Crippen LogP) is 2.34. The first-order valence-corrected chi connectivity index (χ1v) is 11.0. The maximum Gasteiger partial charge on any atom is 0.253 e. The monoisotopic (exact) mass is 419 g/mol. The number of hydrogen-bond donors (Lipinski definition) is 2. The Morgan fingerprint density at radius 3 is 2.23 bits per heavy atom. The van der Waals surface area contributed by atoms with Gasteiger partial charge in [0.15, 0.2) is 0 Å². The molecule has 2 aromatic rings. The normalized spacial score (nSPS) is 19.5. The largest absolute Gasteiger partial charge is 0.366 e. The van der Waals surface area contributed by atoms with Crippen LogP contribution < -0.4 is 16.0 Å². The van der Waals surface area contributed by atoms with Crippen molar-refractivity contribution in [2.24, 2.45) is 5.73 Å². The summed E-state index contributed by atoms with van der Waals surface area (Å²) in [5, 5.41) is 3.39. The van der Waals surface area contributed by atoms with Crippen molar-refractivity contribution in [3.05, 3.63) is 48.0 Å². The topological polar surface area (TPSA) is 81.9 Å². The number of rotatable bonds is 3. The van der Waals surface area contributed by atoms with E-state index in [9.17, 15) is 9.59 Å². The summed E-state index contributed by atoms with van der Waals surface area (Å²) < 4.78 is 0. The fourth-order valence-corrected chi connectivity index (χ4v) is 4.67. The molecule has 7 nitrogen and oxygen atoms in total.